The third kappa shape index (κ3) is 2.40. The van der Waals surface area contributed by atoms with E-state index in [2.05, 4.69) is 31.9 Å². The van der Waals surface area contributed by atoms with Gasteiger partial charge in [-0.2, -0.15) is 0 Å². The number of fused-ring (bicyclic) bond motifs is 1. The molecule has 2 heterocycles. The van der Waals surface area contributed by atoms with Crippen LogP contribution in [0.15, 0.2) is 39.4 Å². The first-order chi connectivity index (χ1) is 10.6. The van der Waals surface area contributed by atoms with Crippen molar-refractivity contribution in [3.05, 3.63) is 45.1 Å². The molecule has 114 valence electrons. The molecule has 0 bridgehead atoms. The fourth-order valence-corrected chi connectivity index (χ4v) is 3.65. The Balaban J connectivity index is 2.28. The third-order valence-electron chi connectivity index (χ3n) is 3.56. The van der Waals surface area contributed by atoms with Crippen LogP contribution in [0.25, 0.3) is 16.9 Å². The predicted molar refractivity (Wildman–Crippen MR) is 93.9 cm³/mol. The summed E-state index contributed by atoms with van der Waals surface area (Å²) >= 11 is 7.12. The van der Waals surface area contributed by atoms with Gasteiger partial charge in [-0.1, -0.05) is 6.07 Å². The van der Waals surface area contributed by atoms with Gasteiger partial charge < -0.3 is 13.9 Å². The van der Waals surface area contributed by atoms with E-state index in [1.807, 2.05) is 41.8 Å². The van der Waals surface area contributed by atoms with Crippen LogP contribution in [0.3, 0.4) is 0 Å². The summed E-state index contributed by atoms with van der Waals surface area (Å²) in [6.45, 7) is 2.04. The zero-order valence-electron chi connectivity index (χ0n) is 12.4. The molecular weight excluding hydrogens is 412 g/mol. The number of methoxy groups -OCH3 is 2. The van der Waals surface area contributed by atoms with Crippen molar-refractivity contribution >= 4 is 37.5 Å². The molecule has 3 rings (SSSR count). The average Bonchev–Trinajstić information content (AvgIpc) is 2.97. The maximum atomic E-state index is 5.51. The molecule has 0 atom stereocenters. The smallest absolute Gasteiger partial charge is 0.170 e. The molecule has 0 spiro atoms. The molecule has 0 saturated carbocycles. The summed E-state index contributed by atoms with van der Waals surface area (Å²) in [7, 11) is 3.26. The van der Waals surface area contributed by atoms with Crippen LogP contribution in [0.5, 0.6) is 11.5 Å². The first-order valence-corrected chi connectivity index (χ1v) is 8.20. The van der Waals surface area contributed by atoms with Gasteiger partial charge in [-0.3, -0.25) is 0 Å². The van der Waals surface area contributed by atoms with Crippen LogP contribution in [-0.4, -0.2) is 23.6 Å². The van der Waals surface area contributed by atoms with Crippen LogP contribution >= 0.6 is 31.9 Å². The number of hydrogen-bond acceptors (Lipinski definition) is 3. The molecule has 0 fully saturated rings. The van der Waals surface area contributed by atoms with E-state index in [0.717, 1.165) is 31.5 Å². The first kappa shape index (κ1) is 15.4. The van der Waals surface area contributed by atoms with Gasteiger partial charge in [0.05, 0.1) is 24.4 Å². The zero-order chi connectivity index (χ0) is 15.9. The summed E-state index contributed by atoms with van der Waals surface area (Å²) in [5.74, 6) is 1.37. The van der Waals surface area contributed by atoms with Gasteiger partial charge in [0.15, 0.2) is 17.1 Å². The summed E-state index contributed by atoms with van der Waals surface area (Å²) in [6, 6.07) is 7.78. The quantitative estimate of drug-likeness (QED) is 0.601. The van der Waals surface area contributed by atoms with Crippen LogP contribution in [0.2, 0.25) is 0 Å². The largest absolute Gasteiger partial charge is 0.493 e. The predicted octanol–water partition coefficient (Wildman–Crippen LogP) is 4.85. The molecule has 0 amide bonds. The van der Waals surface area contributed by atoms with Crippen LogP contribution in [0.4, 0.5) is 0 Å². The zero-order valence-corrected chi connectivity index (χ0v) is 15.5. The Labute approximate surface area is 145 Å². The highest BCUT2D eigenvalue weighted by atomic mass is 79.9. The Morgan fingerprint density at radius 1 is 1.09 bits per heavy atom. The van der Waals surface area contributed by atoms with Crippen LogP contribution < -0.4 is 9.47 Å². The molecule has 0 radical (unpaired) electrons. The summed E-state index contributed by atoms with van der Waals surface area (Å²) < 4.78 is 14.9. The molecule has 0 aliphatic carbocycles. The van der Waals surface area contributed by atoms with E-state index in [-0.39, 0.29) is 0 Å². The Morgan fingerprint density at radius 3 is 2.55 bits per heavy atom. The Morgan fingerprint density at radius 2 is 1.86 bits per heavy atom. The number of pyridine rings is 1. The van der Waals surface area contributed by atoms with Crippen molar-refractivity contribution in [3.8, 4) is 22.8 Å². The molecule has 0 saturated heterocycles. The Hall–Kier alpha value is -1.53. The average molecular weight is 426 g/mol. The number of hydrogen-bond donors (Lipinski definition) is 0. The molecule has 0 aliphatic rings. The van der Waals surface area contributed by atoms with E-state index in [1.165, 1.54) is 0 Å². The SMILES string of the molecule is COc1cccc(-c2cn3c(C)c(Br)cc(Br)c3n2)c1OC. The van der Waals surface area contributed by atoms with Crippen LogP contribution in [-0.2, 0) is 0 Å². The lowest BCUT2D eigenvalue weighted by Gasteiger charge is -2.10. The van der Waals surface area contributed by atoms with Crippen molar-refractivity contribution < 1.29 is 9.47 Å². The van der Waals surface area contributed by atoms with E-state index >= 15 is 0 Å². The number of halogens is 2. The minimum absolute atomic E-state index is 0.682. The minimum Gasteiger partial charge on any atom is -0.493 e. The van der Waals surface area contributed by atoms with Crippen molar-refractivity contribution in [1.29, 1.82) is 0 Å². The number of rotatable bonds is 3. The molecule has 0 aliphatic heterocycles. The third-order valence-corrected chi connectivity index (χ3v) is 4.95. The number of nitrogens with zero attached hydrogens (tertiary/aromatic N) is 2. The second kappa shape index (κ2) is 5.93. The number of aromatic nitrogens is 2. The fraction of sp³-hybridized carbons (Fsp3) is 0.188. The van der Waals surface area contributed by atoms with Crippen molar-refractivity contribution in [2.75, 3.05) is 14.2 Å². The first-order valence-electron chi connectivity index (χ1n) is 6.62. The summed E-state index contributed by atoms with van der Waals surface area (Å²) in [5.41, 5.74) is 3.67. The Kier molecular flexibility index (Phi) is 4.14. The van der Waals surface area contributed by atoms with E-state index < -0.39 is 0 Å². The summed E-state index contributed by atoms with van der Waals surface area (Å²) in [4.78, 5) is 4.73. The van der Waals surface area contributed by atoms with Gasteiger partial charge in [0.25, 0.3) is 0 Å². The summed E-state index contributed by atoms with van der Waals surface area (Å²) in [5, 5.41) is 0. The van der Waals surface area contributed by atoms with Crippen molar-refractivity contribution in [2.24, 2.45) is 0 Å². The van der Waals surface area contributed by atoms with E-state index in [1.54, 1.807) is 14.2 Å². The van der Waals surface area contributed by atoms with Crippen LogP contribution in [0.1, 0.15) is 5.69 Å². The number of para-hydroxylation sites is 1. The number of aryl methyl sites for hydroxylation is 1. The molecule has 0 unspecified atom stereocenters. The highest BCUT2D eigenvalue weighted by Crippen LogP contribution is 2.38. The lowest BCUT2D eigenvalue weighted by Crippen LogP contribution is -1.93. The fourth-order valence-electron chi connectivity index (χ4n) is 2.42. The second-order valence-electron chi connectivity index (χ2n) is 4.79. The van der Waals surface area contributed by atoms with Gasteiger partial charge in [-0.15, -0.1) is 0 Å². The molecule has 6 heteroatoms. The molecule has 1 aromatic carbocycles. The lowest BCUT2D eigenvalue weighted by atomic mass is 10.1. The normalized spacial score (nSPS) is 11.0. The van der Waals surface area contributed by atoms with Gasteiger partial charge in [-0.25, -0.2) is 4.98 Å². The number of imidazole rings is 1. The topological polar surface area (TPSA) is 35.8 Å². The molecule has 22 heavy (non-hydrogen) atoms. The highest BCUT2D eigenvalue weighted by Gasteiger charge is 2.16. The highest BCUT2D eigenvalue weighted by molar-refractivity contribution is 9.11. The van der Waals surface area contributed by atoms with E-state index in [0.29, 0.717) is 11.5 Å². The monoisotopic (exact) mass is 424 g/mol. The van der Waals surface area contributed by atoms with E-state index in [9.17, 15) is 0 Å². The van der Waals surface area contributed by atoms with Crippen molar-refractivity contribution in [2.45, 2.75) is 6.92 Å². The molecule has 0 N–H and O–H groups in total. The van der Waals surface area contributed by atoms with Crippen LogP contribution in [0, 0.1) is 6.92 Å². The number of ether oxygens (including phenoxy) is 2. The van der Waals surface area contributed by atoms with Crippen molar-refractivity contribution in [3.63, 3.8) is 0 Å². The summed E-state index contributed by atoms with van der Waals surface area (Å²) in [6.07, 6.45) is 2.00. The molecule has 2 aromatic heterocycles. The van der Waals surface area contributed by atoms with Gasteiger partial charge >= 0.3 is 0 Å². The minimum atomic E-state index is 0.682. The molecule has 4 nitrogen and oxygen atoms in total. The second-order valence-corrected chi connectivity index (χ2v) is 6.50. The lowest BCUT2D eigenvalue weighted by molar-refractivity contribution is 0.356. The number of benzene rings is 1. The van der Waals surface area contributed by atoms with Gasteiger partial charge in [0.1, 0.15) is 0 Å². The van der Waals surface area contributed by atoms with Gasteiger partial charge in [0.2, 0.25) is 0 Å². The van der Waals surface area contributed by atoms with Gasteiger partial charge in [-0.05, 0) is 57.0 Å². The van der Waals surface area contributed by atoms with Gasteiger partial charge in [0, 0.05) is 21.9 Å². The maximum absolute atomic E-state index is 5.51. The molecule has 3 aromatic rings. The van der Waals surface area contributed by atoms with E-state index in [4.69, 9.17) is 14.5 Å². The van der Waals surface area contributed by atoms with Crippen molar-refractivity contribution in [1.82, 2.24) is 9.38 Å². The standard InChI is InChI=1S/C16H14Br2N2O2/c1-9-11(17)7-12(18)16-19-13(8-20(9)16)10-5-4-6-14(21-2)15(10)22-3/h4-8H,1-3H3. The maximum Gasteiger partial charge on any atom is 0.170 e. The molecular formula is C16H14Br2N2O2. The Bertz CT molecular complexity index is 859.